The van der Waals surface area contributed by atoms with Crippen molar-refractivity contribution in [1.82, 2.24) is 10.2 Å². The third-order valence-corrected chi connectivity index (χ3v) is 8.14. The van der Waals surface area contributed by atoms with Crippen LogP contribution in [0.2, 0.25) is 0 Å². The first-order valence-electron chi connectivity index (χ1n) is 14.3. The van der Waals surface area contributed by atoms with Crippen molar-refractivity contribution in [3.05, 3.63) is 83.4 Å². The van der Waals surface area contributed by atoms with Crippen molar-refractivity contribution in [2.24, 2.45) is 5.92 Å². The Balaban J connectivity index is 1.16. The van der Waals surface area contributed by atoms with Crippen molar-refractivity contribution in [3.8, 4) is 22.6 Å². The number of hydrogen-bond acceptors (Lipinski definition) is 6. The van der Waals surface area contributed by atoms with E-state index in [-0.39, 0.29) is 18.9 Å². The Morgan fingerprint density at radius 2 is 1.63 bits per heavy atom. The molecule has 216 valence electrons. The smallest absolute Gasteiger partial charge is 0.407 e. The first-order chi connectivity index (χ1) is 19.9. The average Bonchev–Trinajstić information content (AvgIpc) is 3.31. The van der Waals surface area contributed by atoms with Gasteiger partial charge >= 0.3 is 12.1 Å². The predicted octanol–water partition coefficient (Wildman–Crippen LogP) is 5.34. The van der Waals surface area contributed by atoms with Gasteiger partial charge in [-0.1, -0.05) is 61.5 Å². The van der Waals surface area contributed by atoms with E-state index >= 15 is 0 Å². The van der Waals surface area contributed by atoms with Crippen LogP contribution >= 0.6 is 0 Å². The van der Waals surface area contributed by atoms with Crippen LogP contribution in [0.3, 0.4) is 0 Å². The van der Waals surface area contributed by atoms with Gasteiger partial charge in [0.1, 0.15) is 19.3 Å². The molecule has 1 atom stereocenters. The quantitative estimate of drug-likeness (QED) is 0.328. The molecule has 0 radical (unpaired) electrons. The van der Waals surface area contributed by atoms with Crippen LogP contribution in [-0.4, -0.2) is 68.1 Å². The summed E-state index contributed by atoms with van der Waals surface area (Å²) in [7, 11) is 1.56. The first kappa shape index (κ1) is 28.5. The Labute approximate surface area is 241 Å². The second kappa shape index (κ2) is 13.1. The Morgan fingerprint density at radius 1 is 0.976 bits per heavy atom. The Kier molecular flexibility index (Phi) is 9.09. The van der Waals surface area contributed by atoms with Crippen LogP contribution in [0, 0.1) is 5.92 Å². The van der Waals surface area contributed by atoms with Crippen LogP contribution < -0.4 is 14.8 Å². The molecule has 1 fully saturated rings. The first-order valence-corrected chi connectivity index (χ1v) is 14.3. The summed E-state index contributed by atoms with van der Waals surface area (Å²) in [4.78, 5) is 27.2. The number of fused-ring (bicyclic) bond motifs is 3. The molecule has 0 saturated carbocycles. The van der Waals surface area contributed by atoms with Gasteiger partial charge in [-0.25, -0.2) is 9.59 Å². The maximum absolute atomic E-state index is 12.7. The summed E-state index contributed by atoms with van der Waals surface area (Å²) in [5, 5.41) is 12.4. The van der Waals surface area contributed by atoms with E-state index < -0.39 is 18.1 Å². The van der Waals surface area contributed by atoms with Crippen LogP contribution in [0.15, 0.2) is 66.7 Å². The summed E-state index contributed by atoms with van der Waals surface area (Å²) in [6.07, 6.45) is 1.74. The van der Waals surface area contributed by atoms with E-state index in [0.29, 0.717) is 23.7 Å². The second-order valence-electron chi connectivity index (χ2n) is 10.9. The third-order valence-electron chi connectivity index (χ3n) is 8.14. The van der Waals surface area contributed by atoms with Crippen molar-refractivity contribution in [1.29, 1.82) is 0 Å². The minimum Gasteiger partial charge on any atom is -0.493 e. The predicted molar refractivity (Wildman–Crippen MR) is 157 cm³/mol. The van der Waals surface area contributed by atoms with Gasteiger partial charge in [-0.3, -0.25) is 4.90 Å². The van der Waals surface area contributed by atoms with Crippen LogP contribution in [-0.2, 0) is 16.0 Å². The van der Waals surface area contributed by atoms with E-state index in [1.807, 2.05) is 36.4 Å². The molecule has 1 saturated heterocycles. The number of nitrogens with one attached hydrogen (secondary N) is 1. The number of alkyl carbamates (subject to hydrolysis) is 1. The van der Waals surface area contributed by atoms with Crippen LogP contribution in [0.5, 0.6) is 11.5 Å². The van der Waals surface area contributed by atoms with Gasteiger partial charge in [0.25, 0.3) is 0 Å². The van der Waals surface area contributed by atoms with E-state index in [9.17, 15) is 14.7 Å². The molecule has 8 heteroatoms. The number of aliphatic carboxylic acids is 1. The molecule has 3 aromatic rings. The number of carboxylic acids is 1. The zero-order valence-corrected chi connectivity index (χ0v) is 23.7. The highest BCUT2D eigenvalue weighted by atomic mass is 16.5. The molecule has 0 bridgehead atoms. The molecule has 0 spiro atoms. The van der Waals surface area contributed by atoms with Crippen molar-refractivity contribution >= 4 is 12.1 Å². The molecule has 2 aliphatic rings. The van der Waals surface area contributed by atoms with E-state index in [1.165, 1.54) is 12.8 Å². The molecule has 5 rings (SSSR count). The van der Waals surface area contributed by atoms with Gasteiger partial charge in [0.2, 0.25) is 0 Å². The molecule has 8 nitrogen and oxygen atoms in total. The number of carbonyl (C=O) groups excluding carboxylic acids is 1. The van der Waals surface area contributed by atoms with Gasteiger partial charge in [-0.2, -0.15) is 0 Å². The number of rotatable bonds is 11. The van der Waals surface area contributed by atoms with Crippen LogP contribution in [0.1, 0.15) is 42.4 Å². The lowest BCUT2D eigenvalue weighted by atomic mass is 9.98. The molecular formula is C33H38N2O6. The van der Waals surface area contributed by atoms with Gasteiger partial charge < -0.3 is 24.6 Å². The number of piperidine rings is 1. The molecule has 1 aliphatic carbocycles. The molecular weight excluding hydrogens is 520 g/mol. The summed E-state index contributed by atoms with van der Waals surface area (Å²) >= 11 is 0. The van der Waals surface area contributed by atoms with Gasteiger partial charge in [0.15, 0.2) is 11.5 Å². The maximum Gasteiger partial charge on any atom is 0.407 e. The second-order valence-corrected chi connectivity index (χ2v) is 10.9. The number of nitrogens with zero attached hydrogens (tertiary/aromatic N) is 1. The fraction of sp³-hybridized carbons (Fsp3) is 0.394. The SMILES string of the molecule is COc1cc(CC(NC(=O)OCC2c3ccccc3-c3ccccc32)C(=O)O)ccc1OCCN1CCC(C)CC1. The summed E-state index contributed by atoms with van der Waals surface area (Å²) in [5.74, 6) is 0.673. The van der Waals surface area contributed by atoms with Gasteiger partial charge in [-0.15, -0.1) is 0 Å². The highest BCUT2D eigenvalue weighted by molar-refractivity contribution is 5.81. The Bertz CT molecular complexity index is 1320. The molecule has 3 aromatic carbocycles. The highest BCUT2D eigenvalue weighted by Gasteiger charge is 2.30. The molecule has 41 heavy (non-hydrogen) atoms. The monoisotopic (exact) mass is 558 g/mol. The fourth-order valence-corrected chi connectivity index (χ4v) is 5.75. The number of hydrogen-bond donors (Lipinski definition) is 2. The lowest BCUT2D eigenvalue weighted by Gasteiger charge is -2.30. The van der Waals surface area contributed by atoms with Crippen LogP contribution in [0.25, 0.3) is 11.1 Å². The largest absolute Gasteiger partial charge is 0.493 e. The van der Waals surface area contributed by atoms with E-state index in [1.54, 1.807) is 25.3 Å². The third kappa shape index (κ3) is 6.82. The number of amides is 1. The van der Waals surface area contributed by atoms with Crippen molar-refractivity contribution in [2.75, 3.05) is 40.0 Å². The summed E-state index contributed by atoms with van der Waals surface area (Å²) in [6, 6.07) is 20.3. The van der Waals surface area contributed by atoms with Gasteiger partial charge in [0.05, 0.1) is 7.11 Å². The normalized spacial score (nSPS) is 16.0. The fourth-order valence-electron chi connectivity index (χ4n) is 5.75. The Hall–Kier alpha value is -4.04. The molecule has 1 heterocycles. The number of likely N-dealkylation sites (tertiary alicyclic amines) is 1. The molecule has 0 aromatic heterocycles. The number of methoxy groups -OCH3 is 1. The van der Waals surface area contributed by atoms with E-state index in [0.717, 1.165) is 47.8 Å². The van der Waals surface area contributed by atoms with E-state index in [4.69, 9.17) is 14.2 Å². The number of ether oxygens (including phenoxy) is 3. The minimum atomic E-state index is -1.16. The van der Waals surface area contributed by atoms with Gasteiger partial charge in [-0.05, 0) is 71.8 Å². The Morgan fingerprint density at radius 3 is 2.27 bits per heavy atom. The minimum absolute atomic E-state index is 0.0716. The summed E-state index contributed by atoms with van der Waals surface area (Å²) in [5.41, 5.74) is 5.14. The lowest BCUT2D eigenvalue weighted by Crippen LogP contribution is -2.42. The topological polar surface area (TPSA) is 97.3 Å². The molecule has 2 N–H and O–H groups in total. The van der Waals surface area contributed by atoms with Crippen LogP contribution in [0.4, 0.5) is 4.79 Å². The molecule has 1 unspecified atom stereocenters. The maximum atomic E-state index is 12.7. The zero-order valence-electron chi connectivity index (χ0n) is 23.7. The summed E-state index contributed by atoms with van der Waals surface area (Å²) in [6.45, 7) is 5.99. The van der Waals surface area contributed by atoms with Gasteiger partial charge in [0, 0.05) is 18.9 Å². The van der Waals surface area contributed by atoms with E-state index in [2.05, 4.69) is 29.3 Å². The average molecular weight is 559 g/mol. The van der Waals surface area contributed by atoms with Crippen molar-refractivity contribution in [3.63, 3.8) is 0 Å². The van der Waals surface area contributed by atoms with Crippen molar-refractivity contribution in [2.45, 2.75) is 38.1 Å². The highest BCUT2D eigenvalue weighted by Crippen LogP contribution is 2.44. The summed E-state index contributed by atoms with van der Waals surface area (Å²) < 4.78 is 17.1. The number of carboxylic acid groups (broad SMARTS) is 1. The lowest BCUT2D eigenvalue weighted by molar-refractivity contribution is -0.139. The zero-order chi connectivity index (χ0) is 28.8. The van der Waals surface area contributed by atoms with Crippen molar-refractivity contribution < 1.29 is 28.9 Å². The molecule has 1 amide bonds. The standard InChI is InChI=1S/C33H38N2O6/c1-22-13-15-35(16-14-22)17-18-40-30-12-11-23(20-31(30)39-2)19-29(32(36)37)34-33(38)41-21-28-26-9-5-3-7-24(26)25-8-4-6-10-27(25)28/h3-12,20,22,28-29H,13-19,21H2,1-2H3,(H,34,38)(H,36,37). The number of benzene rings is 3. The molecule has 1 aliphatic heterocycles. The number of carbonyl (C=O) groups is 2.